The molecule has 0 aliphatic carbocycles. The molecule has 1 aromatic carbocycles. The molecule has 1 aromatic heterocycles. The van der Waals surface area contributed by atoms with Crippen molar-refractivity contribution in [2.24, 2.45) is 5.14 Å². The van der Waals surface area contributed by atoms with Gasteiger partial charge in [-0.2, -0.15) is 5.21 Å². The number of sulfone groups is 1. The molecule has 3 rings (SSSR count). The fourth-order valence-corrected chi connectivity index (χ4v) is 5.22. The first kappa shape index (κ1) is 17.7. The van der Waals surface area contributed by atoms with E-state index in [0.29, 0.717) is 18.7 Å². The van der Waals surface area contributed by atoms with Crippen molar-refractivity contribution in [3.8, 4) is 11.4 Å². The van der Waals surface area contributed by atoms with E-state index < -0.39 is 35.8 Å². The number of aromatic nitrogens is 4. The zero-order valence-corrected chi connectivity index (χ0v) is 14.7. The van der Waals surface area contributed by atoms with Crippen molar-refractivity contribution in [2.45, 2.75) is 22.3 Å². The fourth-order valence-electron chi connectivity index (χ4n) is 2.84. The molecule has 13 heteroatoms. The molecule has 0 unspecified atom stereocenters. The van der Waals surface area contributed by atoms with Crippen LogP contribution in [0, 0.1) is 0 Å². The van der Waals surface area contributed by atoms with Gasteiger partial charge in [0.25, 0.3) is 0 Å². The van der Waals surface area contributed by atoms with E-state index in [2.05, 4.69) is 20.6 Å². The number of aliphatic hydroxyl groups excluding tert-OH is 1. The van der Waals surface area contributed by atoms with Crippen molar-refractivity contribution in [1.29, 1.82) is 0 Å². The number of nitrogens with one attached hydrogen (secondary N) is 1. The van der Waals surface area contributed by atoms with Crippen LogP contribution in [0.25, 0.3) is 11.4 Å². The van der Waals surface area contributed by atoms with Crippen LogP contribution in [0.5, 0.6) is 0 Å². The Morgan fingerprint density at radius 2 is 2.04 bits per heavy atom. The smallest absolute Gasteiger partial charge is 0.240 e. The summed E-state index contributed by atoms with van der Waals surface area (Å²) >= 11 is 0. The summed E-state index contributed by atoms with van der Waals surface area (Å²) in [5, 5.41) is 28.3. The Morgan fingerprint density at radius 1 is 1.32 bits per heavy atom. The molecule has 0 radical (unpaired) electrons. The van der Waals surface area contributed by atoms with E-state index in [1.807, 2.05) is 0 Å². The molecule has 0 spiro atoms. The van der Waals surface area contributed by atoms with Crippen molar-refractivity contribution in [1.82, 2.24) is 20.6 Å². The second kappa shape index (κ2) is 6.01. The van der Waals surface area contributed by atoms with Crippen LogP contribution in [0.2, 0.25) is 0 Å². The van der Waals surface area contributed by atoms with Gasteiger partial charge in [0, 0.05) is 25.0 Å². The lowest BCUT2D eigenvalue weighted by Crippen LogP contribution is -2.25. The van der Waals surface area contributed by atoms with Crippen molar-refractivity contribution in [3.05, 3.63) is 12.1 Å². The Morgan fingerprint density at radius 3 is 2.52 bits per heavy atom. The van der Waals surface area contributed by atoms with E-state index in [4.69, 9.17) is 5.14 Å². The highest BCUT2D eigenvalue weighted by Gasteiger charge is 2.33. The lowest BCUT2D eigenvalue weighted by molar-refractivity contribution is 0.198. The predicted octanol–water partition coefficient (Wildman–Crippen LogP) is -1.51. The van der Waals surface area contributed by atoms with Gasteiger partial charge in [0.15, 0.2) is 9.84 Å². The van der Waals surface area contributed by atoms with Gasteiger partial charge >= 0.3 is 0 Å². The average molecular weight is 388 g/mol. The number of H-pyrrole nitrogens is 1. The third-order valence-electron chi connectivity index (χ3n) is 3.86. The number of rotatable bonds is 4. The lowest BCUT2D eigenvalue weighted by Gasteiger charge is -2.23. The number of nitrogens with two attached hydrogens (primary N) is 1. The molecule has 1 aliphatic rings. The Kier molecular flexibility index (Phi) is 4.26. The van der Waals surface area contributed by atoms with Crippen molar-refractivity contribution >= 4 is 25.5 Å². The number of hydrogen-bond donors (Lipinski definition) is 3. The Bertz CT molecular complexity index is 1000. The van der Waals surface area contributed by atoms with Crippen molar-refractivity contribution in [2.75, 3.05) is 24.2 Å². The van der Waals surface area contributed by atoms with Crippen LogP contribution < -0.4 is 10.0 Å². The number of benzene rings is 1. The van der Waals surface area contributed by atoms with Gasteiger partial charge in [-0.3, -0.25) is 0 Å². The minimum absolute atomic E-state index is 0.0618. The minimum Gasteiger partial charge on any atom is -0.391 e. The first-order chi connectivity index (χ1) is 11.6. The van der Waals surface area contributed by atoms with Gasteiger partial charge in [-0.15, -0.1) is 10.2 Å². The Hall–Kier alpha value is -2.09. The van der Waals surface area contributed by atoms with E-state index in [1.165, 1.54) is 12.1 Å². The molecule has 1 aliphatic heterocycles. The molecule has 0 amide bonds. The van der Waals surface area contributed by atoms with Crippen LogP contribution in [0.3, 0.4) is 0 Å². The third-order valence-corrected chi connectivity index (χ3v) is 6.12. The highest BCUT2D eigenvalue weighted by atomic mass is 32.2. The summed E-state index contributed by atoms with van der Waals surface area (Å²) in [5.41, 5.74) is 0.294. The number of tetrazole rings is 1. The highest BCUT2D eigenvalue weighted by Crippen LogP contribution is 2.39. The van der Waals surface area contributed by atoms with Gasteiger partial charge < -0.3 is 10.0 Å². The molecule has 0 saturated carbocycles. The molecule has 1 atom stereocenters. The molecular weight excluding hydrogens is 372 g/mol. The molecule has 4 N–H and O–H groups in total. The van der Waals surface area contributed by atoms with E-state index >= 15 is 0 Å². The van der Waals surface area contributed by atoms with Crippen LogP contribution in [0.4, 0.5) is 5.69 Å². The summed E-state index contributed by atoms with van der Waals surface area (Å²) in [5.74, 6) is -0.106. The number of anilines is 1. The maximum atomic E-state index is 12.2. The summed E-state index contributed by atoms with van der Waals surface area (Å²) in [7, 11) is -8.32. The first-order valence-corrected chi connectivity index (χ1v) is 10.6. The molecular formula is C12H16N6O5S2. The predicted molar refractivity (Wildman–Crippen MR) is 86.9 cm³/mol. The molecule has 25 heavy (non-hydrogen) atoms. The van der Waals surface area contributed by atoms with Crippen molar-refractivity contribution in [3.63, 3.8) is 0 Å². The van der Waals surface area contributed by atoms with Crippen molar-refractivity contribution < 1.29 is 21.9 Å². The third kappa shape index (κ3) is 3.35. The van der Waals surface area contributed by atoms with Gasteiger partial charge in [0.1, 0.15) is 4.90 Å². The van der Waals surface area contributed by atoms with Gasteiger partial charge in [-0.25, -0.2) is 22.0 Å². The zero-order chi connectivity index (χ0) is 18.4. The molecule has 136 valence electrons. The maximum Gasteiger partial charge on any atom is 0.240 e. The lowest BCUT2D eigenvalue weighted by atomic mass is 10.1. The van der Waals surface area contributed by atoms with Crippen LogP contribution >= 0.6 is 0 Å². The summed E-state index contributed by atoms with van der Waals surface area (Å²) in [6, 6.07) is 2.63. The molecule has 11 nitrogen and oxygen atoms in total. The second-order valence-electron chi connectivity index (χ2n) is 5.73. The van der Waals surface area contributed by atoms with Crippen LogP contribution in [0.1, 0.15) is 6.42 Å². The summed E-state index contributed by atoms with van der Waals surface area (Å²) < 4.78 is 48.6. The number of hydrogen-bond acceptors (Lipinski definition) is 9. The maximum absolute atomic E-state index is 12.2. The van der Waals surface area contributed by atoms with E-state index in [1.54, 1.807) is 4.90 Å². The number of β-amino-alcohol motifs (C(OH)–C–C–N with tert-alkyl or cyclic N) is 1. The minimum atomic E-state index is -4.43. The quantitative estimate of drug-likeness (QED) is 0.562. The van der Waals surface area contributed by atoms with E-state index in [0.717, 1.165) is 6.26 Å². The van der Waals surface area contributed by atoms with Crippen LogP contribution in [-0.2, 0) is 19.9 Å². The highest BCUT2D eigenvalue weighted by molar-refractivity contribution is 7.93. The Balaban J connectivity index is 2.39. The topological polar surface area (TPSA) is 172 Å². The first-order valence-electron chi connectivity index (χ1n) is 7.15. The Labute approximate surface area is 143 Å². The zero-order valence-electron chi connectivity index (χ0n) is 13.1. The summed E-state index contributed by atoms with van der Waals surface area (Å²) in [6.07, 6.45) is 0.797. The van der Waals surface area contributed by atoms with Crippen LogP contribution in [-0.4, -0.2) is 68.0 Å². The SMILES string of the molecule is CS(=O)(=O)c1ccc(N2CC[C@@H](O)C2)c(-c2nn[nH]n2)c1S(N)(=O)=O. The summed E-state index contributed by atoms with van der Waals surface area (Å²) in [6.45, 7) is 0.710. The molecule has 2 heterocycles. The normalized spacial score (nSPS) is 18.7. The molecule has 1 fully saturated rings. The number of nitrogens with zero attached hydrogens (tertiary/aromatic N) is 4. The van der Waals surface area contributed by atoms with Crippen LogP contribution in [0.15, 0.2) is 21.9 Å². The standard InChI is InChI=1S/C12H16N6O5S2/c1-24(20,21)9-3-2-8(18-5-4-7(19)6-18)10(11(9)25(13,22)23)12-14-16-17-15-12/h2-3,7,19H,4-6H2,1H3,(H2,13,22,23)(H,14,15,16,17)/t7-/m1/s1. The number of sulfonamides is 1. The van der Waals surface area contributed by atoms with Gasteiger partial charge in [-0.05, 0) is 23.8 Å². The number of aliphatic hydroxyl groups is 1. The van der Waals surface area contributed by atoms with Gasteiger partial charge in [0.05, 0.1) is 16.6 Å². The molecule has 0 bridgehead atoms. The second-order valence-corrected chi connectivity index (χ2v) is 9.21. The fraction of sp³-hybridized carbons (Fsp3) is 0.417. The largest absolute Gasteiger partial charge is 0.391 e. The average Bonchev–Trinajstić information content (AvgIpc) is 3.15. The van der Waals surface area contributed by atoms with E-state index in [9.17, 15) is 21.9 Å². The monoisotopic (exact) mass is 388 g/mol. The summed E-state index contributed by atoms with van der Waals surface area (Å²) in [4.78, 5) is 0.686. The van der Waals surface area contributed by atoms with E-state index in [-0.39, 0.29) is 17.9 Å². The van der Waals surface area contributed by atoms with Gasteiger partial charge in [0.2, 0.25) is 15.8 Å². The number of primary sulfonamides is 1. The molecule has 1 saturated heterocycles. The molecule has 2 aromatic rings. The van der Waals surface area contributed by atoms with Gasteiger partial charge in [-0.1, -0.05) is 0 Å². The number of aromatic amines is 1.